The molecule has 0 unspecified atom stereocenters. The van der Waals surface area contributed by atoms with E-state index < -0.39 is 18.5 Å². The number of hydrogen-bond acceptors (Lipinski definition) is 4. The van der Waals surface area contributed by atoms with E-state index in [0.29, 0.717) is 18.1 Å². The van der Waals surface area contributed by atoms with E-state index in [1.54, 1.807) is 18.2 Å². The first-order valence-electron chi connectivity index (χ1n) is 7.86. The van der Waals surface area contributed by atoms with Crippen LogP contribution >= 0.6 is 35.3 Å². The van der Waals surface area contributed by atoms with Crippen LogP contribution in [0.2, 0.25) is 0 Å². The molecule has 0 aliphatic carbocycles. The average Bonchev–Trinajstić information content (AvgIpc) is 3.07. The van der Waals surface area contributed by atoms with Gasteiger partial charge in [0.1, 0.15) is 10.8 Å². The molecular weight excluding hydrogens is 518 g/mol. The summed E-state index contributed by atoms with van der Waals surface area (Å²) >= 11 is 0.881. The Bertz CT molecular complexity index is 769. The molecule has 12 heteroatoms. The van der Waals surface area contributed by atoms with Crippen molar-refractivity contribution < 1.29 is 26.7 Å². The largest absolute Gasteiger partial charge is 0.434 e. The van der Waals surface area contributed by atoms with Gasteiger partial charge in [-0.1, -0.05) is 18.2 Å². The van der Waals surface area contributed by atoms with Crippen molar-refractivity contribution in [2.24, 2.45) is 4.99 Å². The molecule has 2 rings (SSSR count). The Labute approximate surface area is 179 Å². The van der Waals surface area contributed by atoms with Gasteiger partial charge in [-0.3, -0.25) is 0 Å². The average molecular weight is 536 g/mol. The van der Waals surface area contributed by atoms with E-state index in [4.69, 9.17) is 0 Å². The zero-order valence-corrected chi connectivity index (χ0v) is 17.7. The number of nitrogens with one attached hydrogen (secondary N) is 2. The summed E-state index contributed by atoms with van der Waals surface area (Å²) in [5, 5.41) is 6.98. The maximum atomic E-state index is 12.6. The molecule has 5 nitrogen and oxygen atoms in total. The summed E-state index contributed by atoms with van der Waals surface area (Å²) < 4.78 is 67.1. The monoisotopic (exact) mass is 536 g/mol. The van der Waals surface area contributed by atoms with Gasteiger partial charge in [-0.15, -0.1) is 35.3 Å². The van der Waals surface area contributed by atoms with Crippen LogP contribution in [0.4, 0.5) is 22.0 Å². The molecule has 0 aliphatic rings. The summed E-state index contributed by atoms with van der Waals surface area (Å²) in [4.78, 5) is 7.77. The molecule has 0 bridgehead atoms. The lowest BCUT2D eigenvalue weighted by molar-refractivity contribution is -0.140. The van der Waals surface area contributed by atoms with Gasteiger partial charge in [0.15, 0.2) is 11.7 Å². The van der Waals surface area contributed by atoms with E-state index in [-0.39, 0.29) is 47.8 Å². The van der Waals surface area contributed by atoms with E-state index in [2.05, 4.69) is 25.3 Å². The second kappa shape index (κ2) is 11.3. The summed E-state index contributed by atoms with van der Waals surface area (Å²) in [6, 6.07) is 6.24. The van der Waals surface area contributed by atoms with Crippen LogP contribution in [0, 0.1) is 0 Å². The van der Waals surface area contributed by atoms with Crippen LogP contribution in [0.15, 0.2) is 34.6 Å². The second-order valence-electron chi connectivity index (χ2n) is 5.16. The highest BCUT2D eigenvalue weighted by molar-refractivity contribution is 14.0. The Hall–Kier alpha value is -1.70. The fourth-order valence-corrected chi connectivity index (χ4v) is 2.77. The fourth-order valence-electron chi connectivity index (χ4n) is 2.03. The number of rotatable bonds is 7. The molecule has 1 aromatic carbocycles. The zero-order valence-electron chi connectivity index (χ0n) is 14.6. The van der Waals surface area contributed by atoms with Gasteiger partial charge in [-0.2, -0.15) is 22.0 Å². The molecular formula is C16H18F5IN4OS. The maximum Gasteiger partial charge on any atom is 0.434 e. The summed E-state index contributed by atoms with van der Waals surface area (Å²) in [6.07, 6.45) is -4.48. The van der Waals surface area contributed by atoms with Crippen molar-refractivity contribution in [1.29, 1.82) is 0 Å². The summed E-state index contributed by atoms with van der Waals surface area (Å²) in [5.74, 6) is 0.329. The van der Waals surface area contributed by atoms with Crippen molar-refractivity contribution in [3.63, 3.8) is 0 Å². The van der Waals surface area contributed by atoms with Gasteiger partial charge in [-0.25, -0.2) is 9.98 Å². The molecule has 0 saturated heterocycles. The third-order valence-corrected chi connectivity index (χ3v) is 4.04. The molecule has 2 aromatic rings. The maximum absolute atomic E-state index is 12.6. The Kier molecular flexibility index (Phi) is 9.85. The number of guanidine groups is 1. The lowest BCUT2D eigenvalue weighted by Crippen LogP contribution is -2.36. The van der Waals surface area contributed by atoms with Crippen LogP contribution in [0.1, 0.15) is 23.2 Å². The molecule has 28 heavy (non-hydrogen) atoms. The predicted molar refractivity (Wildman–Crippen MR) is 107 cm³/mol. The van der Waals surface area contributed by atoms with E-state index in [9.17, 15) is 22.0 Å². The summed E-state index contributed by atoms with van der Waals surface area (Å²) in [6.45, 7) is -0.539. The fraction of sp³-hybridized carbons (Fsp3) is 0.375. The van der Waals surface area contributed by atoms with Crippen molar-refractivity contribution in [3.05, 3.63) is 45.9 Å². The minimum Gasteiger partial charge on any atom is -0.434 e. The van der Waals surface area contributed by atoms with Crippen LogP contribution in [0.25, 0.3) is 0 Å². The Morgan fingerprint density at radius 3 is 2.57 bits per heavy atom. The highest BCUT2D eigenvalue weighted by Gasteiger charge is 2.33. The van der Waals surface area contributed by atoms with Gasteiger partial charge >= 0.3 is 12.8 Å². The number of alkyl halides is 5. The molecule has 1 heterocycles. The highest BCUT2D eigenvalue weighted by atomic mass is 127. The lowest BCUT2D eigenvalue weighted by atomic mass is 10.2. The predicted octanol–water partition coefficient (Wildman–Crippen LogP) is 4.64. The molecule has 0 amide bonds. The van der Waals surface area contributed by atoms with Crippen LogP contribution in [0.3, 0.4) is 0 Å². The number of thiazole rings is 1. The topological polar surface area (TPSA) is 58.5 Å². The Morgan fingerprint density at radius 1 is 1.25 bits per heavy atom. The number of ether oxygens (including phenoxy) is 1. The minimum atomic E-state index is -4.48. The van der Waals surface area contributed by atoms with Crippen molar-refractivity contribution in [2.75, 3.05) is 6.54 Å². The highest BCUT2D eigenvalue weighted by Crippen LogP contribution is 2.29. The number of aliphatic imine (C=N–C) groups is 1. The van der Waals surface area contributed by atoms with Crippen molar-refractivity contribution >= 4 is 41.3 Å². The minimum absolute atomic E-state index is 0. The quantitative estimate of drug-likeness (QED) is 0.235. The van der Waals surface area contributed by atoms with Crippen LogP contribution in [0.5, 0.6) is 5.75 Å². The van der Waals surface area contributed by atoms with E-state index in [1.165, 1.54) is 6.07 Å². The molecule has 0 radical (unpaired) electrons. The van der Waals surface area contributed by atoms with Crippen molar-refractivity contribution in [1.82, 2.24) is 15.6 Å². The number of benzene rings is 1. The number of para-hydroxylation sites is 1. The SMILES string of the molecule is CCNC(=NCc1ccccc1OC(F)F)NCc1nc(C(F)(F)F)cs1.I. The first-order valence-corrected chi connectivity index (χ1v) is 8.74. The number of halogens is 6. The number of nitrogens with zero attached hydrogens (tertiary/aromatic N) is 2. The van der Waals surface area contributed by atoms with Gasteiger partial charge in [0.2, 0.25) is 0 Å². The van der Waals surface area contributed by atoms with Gasteiger partial charge in [-0.05, 0) is 13.0 Å². The molecule has 0 atom stereocenters. The normalized spacial score (nSPS) is 11.9. The zero-order chi connectivity index (χ0) is 19.9. The van der Waals surface area contributed by atoms with E-state index in [1.807, 2.05) is 6.92 Å². The van der Waals surface area contributed by atoms with Gasteiger partial charge in [0, 0.05) is 17.5 Å². The third-order valence-electron chi connectivity index (χ3n) is 3.19. The second-order valence-corrected chi connectivity index (χ2v) is 6.10. The van der Waals surface area contributed by atoms with Crippen LogP contribution in [-0.4, -0.2) is 24.1 Å². The summed E-state index contributed by atoms with van der Waals surface area (Å²) in [5.41, 5.74) is -0.493. The lowest BCUT2D eigenvalue weighted by Gasteiger charge is -2.12. The molecule has 0 aliphatic heterocycles. The molecule has 0 saturated carbocycles. The molecule has 156 valence electrons. The van der Waals surface area contributed by atoms with Crippen molar-refractivity contribution in [2.45, 2.75) is 32.8 Å². The standard InChI is InChI=1S/C16H17F5N4OS.HI/c1-2-22-15(24-8-13-25-12(9-27-13)16(19,20)21)23-7-10-5-3-4-6-11(10)26-14(17)18;/h3-6,9,14H,2,7-8H2,1H3,(H2,22,23,24);1H. The van der Waals surface area contributed by atoms with E-state index >= 15 is 0 Å². The van der Waals surface area contributed by atoms with Crippen molar-refractivity contribution in [3.8, 4) is 5.75 Å². The van der Waals surface area contributed by atoms with E-state index in [0.717, 1.165) is 16.7 Å². The Balaban J connectivity index is 0.00000392. The summed E-state index contributed by atoms with van der Waals surface area (Å²) in [7, 11) is 0. The molecule has 1 aromatic heterocycles. The van der Waals surface area contributed by atoms with Gasteiger partial charge in [0.05, 0.1) is 13.1 Å². The van der Waals surface area contributed by atoms with Crippen LogP contribution in [-0.2, 0) is 19.3 Å². The number of hydrogen-bond donors (Lipinski definition) is 2. The first kappa shape index (κ1) is 24.3. The Morgan fingerprint density at radius 2 is 1.96 bits per heavy atom. The third kappa shape index (κ3) is 7.73. The van der Waals surface area contributed by atoms with Gasteiger partial charge in [0.25, 0.3) is 0 Å². The smallest absolute Gasteiger partial charge is 0.434 e. The van der Waals surface area contributed by atoms with Crippen LogP contribution < -0.4 is 15.4 Å². The molecule has 2 N–H and O–H groups in total. The first-order chi connectivity index (χ1) is 12.8. The number of aromatic nitrogens is 1. The van der Waals surface area contributed by atoms with Gasteiger partial charge < -0.3 is 15.4 Å². The molecule has 0 spiro atoms. The molecule has 0 fully saturated rings.